The van der Waals surface area contributed by atoms with Gasteiger partial charge in [-0.3, -0.25) is 19.8 Å². The molecule has 1 heterocycles. The maximum atomic E-state index is 12.9. The van der Waals surface area contributed by atoms with Crippen molar-refractivity contribution in [3.05, 3.63) is 39.9 Å². The van der Waals surface area contributed by atoms with Crippen molar-refractivity contribution in [1.29, 1.82) is 0 Å². The Bertz CT molecular complexity index is 697. The van der Waals surface area contributed by atoms with Crippen molar-refractivity contribution in [2.24, 2.45) is 11.8 Å². The van der Waals surface area contributed by atoms with E-state index in [0.717, 1.165) is 25.7 Å². The highest BCUT2D eigenvalue weighted by atomic mass is 16.6. The van der Waals surface area contributed by atoms with Gasteiger partial charge in [0.25, 0.3) is 11.6 Å². The lowest BCUT2D eigenvalue weighted by Crippen LogP contribution is -2.51. The highest BCUT2D eigenvalue weighted by Crippen LogP contribution is 2.54. The number of nitro benzene ring substituents is 1. The van der Waals surface area contributed by atoms with Crippen LogP contribution >= 0.6 is 0 Å². The van der Waals surface area contributed by atoms with Crippen molar-refractivity contribution in [1.82, 2.24) is 10.2 Å². The number of rotatable bonds is 5. The summed E-state index contributed by atoms with van der Waals surface area (Å²) in [5, 5.41) is 13.8. The molecule has 0 bridgehead atoms. The highest BCUT2D eigenvalue weighted by molar-refractivity contribution is 6.07. The minimum absolute atomic E-state index is 0.0368. The van der Waals surface area contributed by atoms with Gasteiger partial charge < -0.3 is 5.32 Å². The lowest BCUT2D eigenvalue weighted by molar-refractivity contribution is -0.384. The van der Waals surface area contributed by atoms with Crippen LogP contribution in [0.15, 0.2) is 24.3 Å². The molecule has 1 saturated heterocycles. The maximum Gasteiger partial charge on any atom is 0.325 e. The van der Waals surface area contributed by atoms with Gasteiger partial charge in [-0.1, -0.05) is 12.1 Å². The monoisotopic (exact) mass is 315 g/mol. The Morgan fingerprint density at radius 3 is 2.43 bits per heavy atom. The summed E-state index contributed by atoms with van der Waals surface area (Å²) >= 11 is 0. The number of hydrogen-bond acceptors (Lipinski definition) is 4. The summed E-state index contributed by atoms with van der Waals surface area (Å²) in [4.78, 5) is 36.9. The van der Waals surface area contributed by atoms with Crippen molar-refractivity contribution in [2.45, 2.75) is 37.8 Å². The second-order valence-electron chi connectivity index (χ2n) is 6.67. The molecule has 0 aromatic heterocycles. The standard InChI is InChI=1S/C16H17N3O4/c20-14-16(11-4-5-11,12-6-7-12)17-15(21)18(14)9-10-2-1-3-13(8-10)19(22)23/h1-3,8,11-12H,4-7,9H2,(H,17,21). The summed E-state index contributed by atoms with van der Waals surface area (Å²) in [6.07, 6.45) is 3.92. The van der Waals surface area contributed by atoms with E-state index in [1.54, 1.807) is 12.1 Å². The van der Waals surface area contributed by atoms with Gasteiger partial charge in [0, 0.05) is 12.1 Å². The number of carbonyl (C=O) groups excluding carboxylic acids is 2. The molecule has 4 rings (SSSR count). The first-order chi connectivity index (χ1) is 11.0. The van der Waals surface area contributed by atoms with Crippen LogP contribution in [-0.2, 0) is 11.3 Å². The van der Waals surface area contributed by atoms with Gasteiger partial charge in [0.1, 0.15) is 5.54 Å². The predicted octanol–water partition coefficient (Wildman–Crippen LogP) is 2.21. The maximum absolute atomic E-state index is 12.9. The third kappa shape index (κ3) is 2.18. The first-order valence-corrected chi connectivity index (χ1v) is 7.90. The van der Waals surface area contributed by atoms with Gasteiger partial charge in [-0.05, 0) is 43.1 Å². The molecule has 0 atom stereocenters. The van der Waals surface area contributed by atoms with E-state index in [-0.39, 0.29) is 36.0 Å². The van der Waals surface area contributed by atoms with Crippen LogP contribution in [0, 0.1) is 22.0 Å². The molecular formula is C16H17N3O4. The molecule has 0 spiro atoms. The number of non-ortho nitro benzene ring substituents is 1. The molecule has 0 unspecified atom stereocenters. The van der Waals surface area contributed by atoms with Crippen molar-refractivity contribution in [3.8, 4) is 0 Å². The van der Waals surface area contributed by atoms with E-state index in [4.69, 9.17) is 0 Å². The van der Waals surface area contributed by atoms with E-state index in [1.807, 2.05) is 0 Å². The Kier molecular flexibility index (Phi) is 2.94. The minimum atomic E-state index is -0.711. The molecule has 7 heteroatoms. The summed E-state index contributed by atoms with van der Waals surface area (Å²) in [7, 11) is 0. The van der Waals surface area contributed by atoms with Gasteiger partial charge in [-0.15, -0.1) is 0 Å². The van der Waals surface area contributed by atoms with Gasteiger partial charge in [0.05, 0.1) is 11.5 Å². The second kappa shape index (κ2) is 4.78. The van der Waals surface area contributed by atoms with E-state index >= 15 is 0 Å². The molecule has 7 nitrogen and oxygen atoms in total. The van der Waals surface area contributed by atoms with E-state index in [0.29, 0.717) is 5.56 Å². The number of benzene rings is 1. The summed E-state index contributed by atoms with van der Waals surface area (Å²) in [6.45, 7) is 0.0769. The smallest absolute Gasteiger partial charge is 0.323 e. The average molecular weight is 315 g/mol. The molecule has 3 amide bonds. The number of amides is 3. The topological polar surface area (TPSA) is 92.6 Å². The molecule has 23 heavy (non-hydrogen) atoms. The Morgan fingerprint density at radius 1 is 1.22 bits per heavy atom. The van der Waals surface area contributed by atoms with Crippen LogP contribution in [0.3, 0.4) is 0 Å². The van der Waals surface area contributed by atoms with E-state index < -0.39 is 10.5 Å². The fourth-order valence-electron chi connectivity index (χ4n) is 3.67. The lowest BCUT2D eigenvalue weighted by atomic mass is 9.87. The summed E-state index contributed by atoms with van der Waals surface area (Å²) in [5.74, 6) is 0.349. The van der Waals surface area contributed by atoms with Crippen molar-refractivity contribution in [3.63, 3.8) is 0 Å². The Hall–Kier alpha value is -2.44. The minimum Gasteiger partial charge on any atom is -0.323 e. The molecular weight excluding hydrogens is 298 g/mol. The van der Waals surface area contributed by atoms with Gasteiger partial charge >= 0.3 is 6.03 Å². The Balaban J connectivity index is 1.60. The number of nitrogens with one attached hydrogen (secondary N) is 1. The molecule has 1 N–H and O–H groups in total. The third-order valence-electron chi connectivity index (χ3n) is 5.06. The van der Waals surface area contributed by atoms with Gasteiger partial charge in [0.2, 0.25) is 0 Å². The normalized spacial score (nSPS) is 23.0. The largest absolute Gasteiger partial charge is 0.325 e. The molecule has 2 aliphatic carbocycles. The van der Waals surface area contributed by atoms with Gasteiger partial charge in [-0.2, -0.15) is 0 Å². The van der Waals surface area contributed by atoms with Crippen molar-refractivity contribution >= 4 is 17.6 Å². The number of nitrogens with zero attached hydrogens (tertiary/aromatic N) is 2. The first-order valence-electron chi connectivity index (χ1n) is 7.90. The van der Waals surface area contributed by atoms with Crippen LogP contribution in [0.25, 0.3) is 0 Å². The van der Waals surface area contributed by atoms with E-state index in [9.17, 15) is 19.7 Å². The predicted molar refractivity (Wildman–Crippen MR) is 80.4 cm³/mol. The molecule has 1 aromatic carbocycles. The van der Waals surface area contributed by atoms with Crippen LogP contribution in [0.2, 0.25) is 0 Å². The average Bonchev–Trinajstić information content (AvgIpc) is 3.42. The van der Waals surface area contributed by atoms with Crippen LogP contribution in [0.4, 0.5) is 10.5 Å². The molecule has 0 radical (unpaired) electrons. The fraction of sp³-hybridized carbons (Fsp3) is 0.500. The van der Waals surface area contributed by atoms with Crippen LogP contribution in [-0.4, -0.2) is 27.3 Å². The summed E-state index contributed by atoms with van der Waals surface area (Å²) in [6, 6.07) is 5.70. The molecule has 1 aliphatic heterocycles. The Labute approximate surface area is 132 Å². The molecule has 120 valence electrons. The number of imide groups is 1. The van der Waals surface area contributed by atoms with Crippen LogP contribution in [0.1, 0.15) is 31.2 Å². The number of nitro groups is 1. The van der Waals surface area contributed by atoms with Crippen LogP contribution in [0.5, 0.6) is 0 Å². The van der Waals surface area contributed by atoms with Gasteiger partial charge in [-0.25, -0.2) is 4.79 Å². The SMILES string of the molecule is O=C1NC(C2CC2)(C2CC2)C(=O)N1Cc1cccc([N+](=O)[O-])c1. The number of carbonyl (C=O) groups is 2. The molecule has 2 saturated carbocycles. The molecule has 1 aromatic rings. The van der Waals surface area contributed by atoms with Crippen molar-refractivity contribution < 1.29 is 14.5 Å². The zero-order valence-electron chi connectivity index (χ0n) is 12.5. The van der Waals surface area contributed by atoms with Gasteiger partial charge in [0.15, 0.2) is 0 Å². The number of hydrogen-bond donors (Lipinski definition) is 1. The quantitative estimate of drug-likeness (QED) is 0.512. The van der Waals surface area contributed by atoms with E-state index in [2.05, 4.69) is 5.32 Å². The second-order valence-corrected chi connectivity index (χ2v) is 6.67. The molecule has 3 fully saturated rings. The highest BCUT2D eigenvalue weighted by Gasteiger charge is 2.65. The van der Waals surface area contributed by atoms with Crippen molar-refractivity contribution in [2.75, 3.05) is 0 Å². The summed E-state index contributed by atoms with van der Waals surface area (Å²) < 4.78 is 0. The number of urea groups is 1. The fourth-order valence-corrected chi connectivity index (χ4v) is 3.67. The Morgan fingerprint density at radius 2 is 1.87 bits per heavy atom. The zero-order valence-corrected chi connectivity index (χ0v) is 12.5. The summed E-state index contributed by atoms with van der Waals surface area (Å²) in [5.41, 5.74) is -0.159. The zero-order chi connectivity index (χ0) is 16.2. The molecule has 3 aliphatic rings. The lowest BCUT2D eigenvalue weighted by Gasteiger charge is -2.26. The van der Waals surface area contributed by atoms with E-state index in [1.165, 1.54) is 17.0 Å². The third-order valence-corrected chi connectivity index (χ3v) is 5.06. The van der Waals surface area contributed by atoms with Crippen LogP contribution < -0.4 is 5.32 Å². The first kappa shape index (κ1) is 14.2.